The van der Waals surface area contributed by atoms with Crippen molar-refractivity contribution < 1.29 is 8.42 Å². The Morgan fingerprint density at radius 3 is 2.52 bits per heavy atom. The summed E-state index contributed by atoms with van der Waals surface area (Å²) in [6, 6.07) is 4.85. The maximum Gasteiger partial charge on any atom is 0.255 e. The zero-order valence-corrected chi connectivity index (χ0v) is 13.6. The smallest absolute Gasteiger partial charge is 0.255 e. The molecule has 0 bridgehead atoms. The summed E-state index contributed by atoms with van der Waals surface area (Å²) < 4.78 is 26.2. The Bertz CT molecular complexity index is 666. The van der Waals surface area contributed by atoms with E-state index in [1.807, 2.05) is 0 Å². The number of rotatable bonds is 4. The van der Waals surface area contributed by atoms with E-state index >= 15 is 0 Å². The van der Waals surface area contributed by atoms with E-state index in [4.69, 9.17) is 28.6 Å². The molecule has 2 N–H and O–H groups in total. The molecular formula is C14H16Cl2N2O2S. The quantitative estimate of drug-likeness (QED) is 0.637. The van der Waals surface area contributed by atoms with Gasteiger partial charge in [-0.2, -0.15) is 0 Å². The highest BCUT2D eigenvalue weighted by atomic mass is 35.5. The summed E-state index contributed by atoms with van der Waals surface area (Å²) in [4.78, 5) is 0. The molecule has 1 aromatic carbocycles. The lowest BCUT2D eigenvalue weighted by molar-refractivity contribution is 0.598. The van der Waals surface area contributed by atoms with Gasteiger partial charge in [-0.1, -0.05) is 42.1 Å². The van der Waals surface area contributed by atoms with E-state index in [9.17, 15) is 8.42 Å². The third kappa shape index (κ3) is 4.73. The molecule has 114 valence electrons. The number of sulfonamides is 1. The molecule has 4 nitrogen and oxygen atoms in total. The number of amidine groups is 1. The van der Waals surface area contributed by atoms with E-state index < -0.39 is 10.0 Å². The zero-order chi connectivity index (χ0) is 15.5. The molecule has 1 fully saturated rings. The minimum Gasteiger partial charge on any atom is -0.288 e. The van der Waals surface area contributed by atoms with Crippen LogP contribution in [0, 0.1) is 11.3 Å². The minimum atomic E-state index is -3.67. The van der Waals surface area contributed by atoms with E-state index in [2.05, 4.69) is 4.72 Å². The van der Waals surface area contributed by atoms with Gasteiger partial charge in [-0.25, -0.2) is 8.42 Å². The predicted molar refractivity (Wildman–Crippen MR) is 87.2 cm³/mol. The van der Waals surface area contributed by atoms with Crippen molar-refractivity contribution in [3.8, 4) is 0 Å². The van der Waals surface area contributed by atoms with Gasteiger partial charge in [0, 0.05) is 5.92 Å². The molecule has 0 saturated heterocycles. The number of nitrogens with one attached hydrogen (secondary N) is 2. The van der Waals surface area contributed by atoms with Crippen LogP contribution in [0.4, 0.5) is 0 Å². The summed E-state index contributed by atoms with van der Waals surface area (Å²) in [5.41, 5.74) is 0.627. The molecule has 1 saturated carbocycles. The van der Waals surface area contributed by atoms with Crippen LogP contribution in [0.2, 0.25) is 10.0 Å². The van der Waals surface area contributed by atoms with Crippen LogP contribution in [0.25, 0.3) is 6.08 Å². The first kappa shape index (κ1) is 16.3. The lowest BCUT2D eigenvalue weighted by Crippen LogP contribution is -2.32. The average Bonchev–Trinajstić information content (AvgIpc) is 2.94. The fourth-order valence-electron chi connectivity index (χ4n) is 2.27. The normalized spacial score (nSPS) is 16.5. The van der Waals surface area contributed by atoms with Crippen molar-refractivity contribution in [2.75, 3.05) is 0 Å². The molecule has 0 amide bonds. The Balaban J connectivity index is 2.04. The fraction of sp³-hybridized carbons (Fsp3) is 0.357. The third-order valence-electron chi connectivity index (χ3n) is 3.40. The van der Waals surface area contributed by atoms with E-state index in [-0.39, 0.29) is 11.8 Å². The lowest BCUT2D eigenvalue weighted by Gasteiger charge is -2.11. The van der Waals surface area contributed by atoms with Crippen molar-refractivity contribution in [2.45, 2.75) is 25.7 Å². The van der Waals surface area contributed by atoms with Crippen molar-refractivity contribution in [2.24, 2.45) is 5.92 Å². The van der Waals surface area contributed by atoms with Crippen LogP contribution in [0.5, 0.6) is 0 Å². The number of halogens is 2. The van der Waals surface area contributed by atoms with Gasteiger partial charge in [0.25, 0.3) is 10.0 Å². The van der Waals surface area contributed by atoms with Gasteiger partial charge >= 0.3 is 0 Å². The summed E-state index contributed by atoms with van der Waals surface area (Å²) in [6.45, 7) is 0. The van der Waals surface area contributed by atoms with E-state index in [0.29, 0.717) is 15.6 Å². The Morgan fingerprint density at radius 1 is 1.24 bits per heavy atom. The molecule has 0 heterocycles. The van der Waals surface area contributed by atoms with E-state index in [1.165, 1.54) is 6.08 Å². The SMILES string of the molecule is N=C(NS(=O)(=O)C=Cc1ccc(Cl)c(Cl)c1)C1CCCC1. The summed E-state index contributed by atoms with van der Waals surface area (Å²) in [6.07, 6.45) is 5.27. The van der Waals surface area contributed by atoms with Crippen LogP contribution in [0.1, 0.15) is 31.2 Å². The van der Waals surface area contributed by atoms with E-state index in [0.717, 1.165) is 31.1 Å². The van der Waals surface area contributed by atoms with Gasteiger partial charge in [0.2, 0.25) is 0 Å². The van der Waals surface area contributed by atoms with Crippen LogP contribution in [0.3, 0.4) is 0 Å². The Kier molecular flexibility index (Phi) is 5.30. The largest absolute Gasteiger partial charge is 0.288 e. The second-order valence-corrected chi connectivity index (χ2v) is 7.40. The van der Waals surface area contributed by atoms with Crippen molar-refractivity contribution in [3.05, 3.63) is 39.2 Å². The Hall–Kier alpha value is -1.04. The van der Waals surface area contributed by atoms with Gasteiger partial charge < -0.3 is 0 Å². The average molecular weight is 347 g/mol. The van der Waals surface area contributed by atoms with Crippen molar-refractivity contribution in [3.63, 3.8) is 0 Å². The topological polar surface area (TPSA) is 70.0 Å². The molecule has 7 heteroatoms. The van der Waals surface area contributed by atoms with Crippen molar-refractivity contribution in [1.29, 1.82) is 5.41 Å². The second kappa shape index (κ2) is 6.81. The first-order valence-electron chi connectivity index (χ1n) is 6.62. The van der Waals surface area contributed by atoms with Crippen molar-refractivity contribution in [1.82, 2.24) is 4.72 Å². The maximum absolute atomic E-state index is 11.9. The minimum absolute atomic E-state index is 0.0261. The molecule has 0 aromatic heterocycles. The highest BCUT2D eigenvalue weighted by Crippen LogP contribution is 2.25. The van der Waals surface area contributed by atoms with Crippen LogP contribution in [-0.2, 0) is 10.0 Å². The highest BCUT2D eigenvalue weighted by Gasteiger charge is 2.22. The zero-order valence-electron chi connectivity index (χ0n) is 11.3. The first-order valence-corrected chi connectivity index (χ1v) is 8.92. The summed E-state index contributed by atoms with van der Waals surface area (Å²) in [5.74, 6) is 0.101. The van der Waals surface area contributed by atoms with Crippen molar-refractivity contribution >= 4 is 45.1 Å². The Labute approximate surface area is 134 Å². The monoisotopic (exact) mass is 346 g/mol. The molecule has 1 aliphatic rings. The molecule has 1 aromatic rings. The van der Waals surface area contributed by atoms with Gasteiger partial charge in [-0.3, -0.25) is 10.1 Å². The first-order chi connectivity index (χ1) is 9.87. The highest BCUT2D eigenvalue weighted by molar-refractivity contribution is 7.93. The van der Waals surface area contributed by atoms with Gasteiger partial charge in [0.15, 0.2) is 0 Å². The van der Waals surface area contributed by atoms with Crippen LogP contribution >= 0.6 is 23.2 Å². The van der Waals surface area contributed by atoms with Crippen LogP contribution < -0.4 is 4.72 Å². The van der Waals surface area contributed by atoms with Gasteiger partial charge in [0.1, 0.15) is 5.84 Å². The van der Waals surface area contributed by atoms with Gasteiger partial charge in [-0.05, 0) is 36.6 Å². The predicted octanol–water partition coefficient (Wildman–Crippen LogP) is 4.05. The molecule has 2 rings (SSSR count). The Morgan fingerprint density at radius 2 is 1.90 bits per heavy atom. The number of hydrogen-bond acceptors (Lipinski definition) is 3. The molecular weight excluding hydrogens is 331 g/mol. The fourth-order valence-corrected chi connectivity index (χ4v) is 3.45. The van der Waals surface area contributed by atoms with Gasteiger partial charge in [0.05, 0.1) is 15.5 Å². The lowest BCUT2D eigenvalue weighted by atomic mass is 10.1. The molecule has 0 aliphatic heterocycles. The van der Waals surface area contributed by atoms with Crippen LogP contribution in [0.15, 0.2) is 23.6 Å². The molecule has 21 heavy (non-hydrogen) atoms. The third-order valence-corrected chi connectivity index (χ3v) is 5.14. The summed E-state index contributed by atoms with van der Waals surface area (Å²) >= 11 is 11.7. The maximum atomic E-state index is 11.9. The second-order valence-electron chi connectivity index (χ2n) is 5.02. The van der Waals surface area contributed by atoms with Crippen LogP contribution in [-0.4, -0.2) is 14.3 Å². The molecule has 0 atom stereocenters. The van der Waals surface area contributed by atoms with E-state index in [1.54, 1.807) is 18.2 Å². The summed E-state index contributed by atoms with van der Waals surface area (Å²) in [5, 5.41) is 9.64. The molecule has 0 unspecified atom stereocenters. The number of hydrogen-bond donors (Lipinski definition) is 2. The molecule has 0 spiro atoms. The molecule has 0 radical (unpaired) electrons. The van der Waals surface area contributed by atoms with Gasteiger partial charge in [-0.15, -0.1) is 0 Å². The summed E-state index contributed by atoms with van der Waals surface area (Å²) in [7, 11) is -3.67. The standard InChI is InChI=1S/C14H16Cl2N2O2S/c15-12-6-5-10(9-13(12)16)7-8-21(19,20)18-14(17)11-3-1-2-4-11/h5-9,11H,1-4H2,(H2,17,18). The number of benzene rings is 1. The molecule has 1 aliphatic carbocycles.